The van der Waals surface area contributed by atoms with Crippen molar-refractivity contribution in [2.75, 3.05) is 37.8 Å². The average Bonchev–Trinajstić information content (AvgIpc) is 2.74. The van der Waals surface area contributed by atoms with Crippen molar-refractivity contribution >= 4 is 5.69 Å². The largest absolute Gasteiger partial charge is 0.378 e. The standard InChI is InChI=1S/C21H26FN3O2/c22-18-14-16(3-4-20(18)25-9-12-26-13-10-25)15-24-19-2-1-11-27-21(19)17-5-7-23-8-6-17/h3-8,14,19,21,24H,1-2,9-13,15H2/t19-,21+/m0/s1. The fourth-order valence-electron chi connectivity index (χ4n) is 3.84. The third-order valence-corrected chi connectivity index (χ3v) is 5.29. The van der Waals surface area contributed by atoms with Gasteiger partial charge in [-0.2, -0.15) is 0 Å². The Morgan fingerprint density at radius 3 is 2.70 bits per heavy atom. The summed E-state index contributed by atoms with van der Waals surface area (Å²) >= 11 is 0. The molecule has 144 valence electrons. The van der Waals surface area contributed by atoms with Crippen molar-refractivity contribution in [1.82, 2.24) is 10.3 Å². The lowest BCUT2D eigenvalue weighted by Gasteiger charge is -2.33. The van der Waals surface area contributed by atoms with E-state index in [2.05, 4.69) is 10.3 Å². The van der Waals surface area contributed by atoms with Crippen LogP contribution in [0.25, 0.3) is 0 Å². The molecule has 0 spiro atoms. The number of nitrogens with zero attached hydrogens (tertiary/aromatic N) is 2. The van der Waals surface area contributed by atoms with Gasteiger partial charge in [-0.3, -0.25) is 4.98 Å². The molecule has 2 saturated heterocycles. The zero-order valence-corrected chi connectivity index (χ0v) is 15.4. The van der Waals surface area contributed by atoms with Gasteiger partial charge in [-0.1, -0.05) is 6.07 Å². The molecule has 0 amide bonds. The highest BCUT2D eigenvalue weighted by atomic mass is 19.1. The molecule has 5 nitrogen and oxygen atoms in total. The number of pyridine rings is 1. The second-order valence-corrected chi connectivity index (χ2v) is 7.09. The molecular formula is C21H26FN3O2. The lowest BCUT2D eigenvalue weighted by Crippen LogP contribution is -2.39. The van der Waals surface area contributed by atoms with Gasteiger partial charge in [0.25, 0.3) is 0 Å². The van der Waals surface area contributed by atoms with E-state index in [1.54, 1.807) is 18.5 Å². The van der Waals surface area contributed by atoms with Gasteiger partial charge in [-0.05, 0) is 48.2 Å². The number of anilines is 1. The molecule has 3 heterocycles. The van der Waals surface area contributed by atoms with Gasteiger partial charge in [0.05, 0.1) is 25.0 Å². The number of morpholine rings is 1. The molecular weight excluding hydrogens is 345 g/mol. The Balaban J connectivity index is 1.40. The fraction of sp³-hybridized carbons (Fsp3) is 0.476. The van der Waals surface area contributed by atoms with Crippen LogP contribution in [0, 0.1) is 5.82 Å². The maximum Gasteiger partial charge on any atom is 0.146 e. The average molecular weight is 371 g/mol. The van der Waals surface area contributed by atoms with Gasteiger partial charge >= 0.3 is 0 Å². The Kier molecular flexibility index (Phi) is 5.97. The summed E-state index contributed by atoms with van der Waals surface area (Å²) in [7, 11) is 0. The zero-order valence-electron chi connectivity index (χ0n) is 15.4. The third-order valence-electron chi connectivity index (χ3n) is 5.29. The molecule has 0 radical (unpaired) electrons. The van der Waals surface area contributed by atoms with Gasteiger partial charge in [0.15, 0.2) is 0 Å². The Hall–Kier alpha value is -2.02. The molecule has 0 bridgehead atoms. The van der Waals surface area contributed by atoms with E-state index < -0.39 is 0 Å². The van der Waals surface area contributed by atoms with E-state index in [4.69, 9.17) is 9.47 Å². The Morgan fingerprint density at radius 1 is 1.11 bits per heavy atom. The van der Waals surface area contributed by atoms with Crippen LogP contribution in [0.15, 0.2) is 42.7 Å². The van der Waals surface area contributed by atoms with Gasteiger partial charge in [0, 0.05) is 44.7 Å². The summed E-state index contributed by atoms with van der Waals surface area (Å²) in [5.74, 6) is -0.165. The van der Waals surface area contributed by atoms with Crippen LogP contribution in [0.2, 0.25) is 0 Å². The van der Waals surface area contributed by atoms with Crippen molar-refractivity contribution in [2.24, 2.45) is 0 Å². The molecule has 2 fully saturated rings. The van der Waals surface area contributed by atoms with Gasteiger partial charge in [-0.25, -0.2) is 4.39 Å². The molecule has 2 aromatic rings. The summed E-state index contributed by atoms with van der Waals surface area (Å²) in [4.78, 5) is 6.13. The lowest BCUT2D eigenvalue weighted by molar-refractivity contribution is -0.0112. The fourth-order valence-corrected chi connectivity index (χ4v) is 3.84. The Morgan fingerprint density at radius 2 is 1.93 bits per heavy atom. The first-order chi connectivity index (χ1) is 13.3. The minimum absolute atomic E-state index is 0.0132. The van der Waals surface area contributed by atoms with E-state index in [-0.39, 0.29) is 18.0 Å². The van der Waals surface area contributed by atoms with Gasteiger partial charge in [0.1, 0.15) is 5.82 Å². The molecule has 1 N–H and O–H groups in total. The summed E-state index contributed by atoms with van der Waals surface area (Å²) in [6.45, 7) is 4.18. The molecule has 6 heteroatoms. The number of hydrogen-bond acceptors (Lipinski definition) is 5. The smallest absolute Gasteiger partial charge is 0.146 e. The van der Waals surface area contributed by atoms with Crippen molar-refractivity contribution in [2.45, 2.75) is 31.5 Å². The maximum atomic E-state index is 14.6. The van der Waals surface area contributed by atoms with E-state index in [1.807, 2.05) is 29.2 Å². The van der Waals surface area contributed by atoms with Gasteiger partial charge in [-0.15, -0.1) is 0 Å². The number of benzene rings is 1. The van der Waals surface area contributed by atoms with Crippen LogP contribution < -0.4 is 10.2 Å². The number of nitrogens with one attached hydrogen (secondary N) is 1. The zero-order chi connectivity index (χ0) is 18.5. The van der Waals surface area contributed by atoms with E-state index in [1.165, 1.54) is 0 Å². The highest BCUT2D eigenvalue weighted by Gasteiger charge is 2.27. The van der Waals surface area contributed by atoms with Crippen LogP contribution in [-0.2, 0) is 16.0 Å². The summed E-state index contributed by atoms with van der Waals surface area (Å²) in [5.41, 5.74) is 2.75. The molecule has 4 rings (SSSR count). The predicted molar refractivity (Wildman–Crippen MR) is 102 cm³/mol. The quantitative estimate of drug-likeness (QED) is 0.875. The molecule has 27 heavy (non-hydrogen) atoms. The summed E-state index contributed by atoms with van der Waals surface area (Å²) in [5, 5.41) is 3.57. The van der Waals surface area contributed by atoms with Crippen molar-refractivity contribution in [3.63, 3.8) is 0 Å². The van der Waals surface area contributed by atoms with Gasteiger partial charge < -0.3 is 19.7 Å². The number of ether oxygens (including phenoxy) is 2. The highest BCUT2D eigenvalue weighted by Crippen LogP contribution is 2.28. The summed E-state index contributed by atoms with van der Waals surface area (Å²) < 4.78 is 26.0. The van der Waals surface area contributed by atoms with Crippen molar-refractivity contribution < 1.29 is 13.9 Å². The topological polar surface area (TPSA) is 46.6 Å². The number of hydrogen-bond donors (Lipinski definition) is 1. The summed E-state index contributed by atoms with van der Waals surface area (Å²) in [6, 6.07) is 9.75. The van der Waals surface area contributed by atoms with E-state index in [9.17, 15) is 4.39 Å². The van der Waals surface area contributed by atoms with Crippen LogP contribution in [-0.4, -0.2) is 43.9 Å². The predicted octanol–water partition coefficient (Wildman–Crippen LogP) is 3.07. The van der Waals surface area contributed by atoms with Crippen LogP contribution in [0.1, 0.15) is 30.1 Å². The minimum Gasteiger partial charge on any atom is -0.378 e. The molecule has 1 aromatic carbocycles. The van der Waals surface area contributed by atoms with Crippen LogP contribution in [0.3, 0.4) is 0 Å². The normalized spacial score (nSPS) is 23.4. The molecule has 1 aromatic heterocycles. The second-order valence-electron chi connectivity index (χ2n) is 7.09. The van der Waals surface area contributed by atoms with Crippen molar-refractivity contribution in [3.05, 3.63) is 59.7 Å². The molecule has 0 aliphatic carbocycles. The first-order valence-corrected chi connectivity index (χ1v) is 9.67. The Labute approximate surface area is 159 Å². The lowest BCUT2D eigenvalue weighted by atomic mass is 9.96. The summed E-state index contributed by atoms with van der Waals surface area (Å²) in [6.07, 6.45) is 5.68. The van der Waals surface area contributed by atoms with Crippen LogP contribution in [0.5, 0.6) is 0 Å². The highest BCUT2D eigenvalue weighted by molar-refractivity contribution is 5.49. The number of aromatic nitrogens is 1. The van der Waals surface area contributed by atoms with Crippen molar-refractivity contribution in [3.8, 4) is 0 Å². The van der Waals surface area contributed by atoms with E-state index in [0.29, 0.717) is 25.4 Å². The molecule has 2 atom stereocenters. The van der Waals surface area contributed by atoms with E-state index >= 15 is 0 Å². The monoisotopic (exact) mass is 371 g/mol. The number of halogens is 1. The van der Waals surface area contributed by atoms with Crippen LogP contribution in [0.4, 0.5) is 10.1 Å². The molecule has 2 aliphatic rings. The van der Waals surface area contributed by atoms with Gasteiger partial charge in [0.2, 0.25) is 0 Å². The number of rotatable bonds is 5. The first kappa shape index (κ1) is 18.3. The molecule has 0 saturated carbocycles. The van der Waals surface area contributed by atoms with Crippen molar-refractivity contribution in [1.29, 1.82) is 0 Å². The maximum absolute atomic E-state index is 14.6. The van der Waals surface area contributed by atoms with E-state index in [0.717, 1.165) is 43.7 Å². The Bertz CT molecular complexity index is 737. The van der Waals surface area contributed by atoms with Crippen LogP contribution >= 0.6 is 0 Å². The molecule has 0 unspecified atom stereocenters. The molecule has 2 aliphatic heterocycles. The third kappa shape index (κ3) is 4.46. The minimum atomic E-state index is -0.165. The SMILES string of the molecule is Fc1cc(CN[C@H]2CCCO[C@@H]2c2ccncc2)ccc1N1CCOCC1. The second kappa shape index (κ2) is 8.78. The first-order valence-electron chi connectivity index (χ1n) is 9.67.